The predicted molar refractivity (Wildman–Crippen MR) is 136 cm³/mol. The summed E-state index contributed by atoms with van der Waals surface area (Å²) >= 11 is 0. The van der Waals surface area contributed by atoms with Crippen LogP contribution in [0.15, 0.2) is 48.8 Å². The van der Waals surface area contributed by atoms with Gasteiger partial charge in [0.1, 0.15) is 11.8 Å². The van der Waals surface area contributed by atoms with Crippen LogP contribution >= 0.6 is 0 Å². The van der Waals surface area contributed by atoms with Crippen LogP contribution in [-0.2, 0) is 28.1 Å². The Morgan fingerprint density at radius 2 is 1.92 bits per heavy atom. The number of likely N-dealkylation sites (tertiary alicyclic amines) is 1. The SMILES string of the molecule is O=C1CCC(N2Cc3c(ccc4c3OCC43CCN(Cc4ccc5ccncc5c4)CC3)C2=O)C(=O)N1. The number of amides is 3. The molecule has 4 aliphatic heterocycles. The van der Waals surface area contributed by atoms with Crippen LogP contribution in [0.1, 0.15) is 52.7 Å². The van der Waals surface area contributed by atoms with Crippen LogP contribution in [0, 0.1) is 0 Å². The molecule has 5 heterocycles. The van der Waals surface area contributed by atoms with E-state index in [2.05, 4.69) is 39.5 Å². The monoisotopic (exact) mass is 496 g/mol. The second-order valence-corrected chi connectivity index (χ2v) is 10.8. The number of aromatic nitrogens is 1. The van der Waals surface area contributed by atoms with Gasteiger partial charge in [-0.2, -0.15) is 0 Å². The Bertz CT molecular complexity index is 1460. The number of carbonyl (C=O) groups is 3. The van der Waals surface area contributed by atoms with E-state index in [9.17, 15) is 14.4 Å². The number of rotatable bonds is 3. The van der Waals surface area contributed by atoms with Crippen molar-refractivity contribution in [3.05, 3.63) is 71.0 Å². The van der Waals surface area contributed by atoms with Crippen LogP contribution < -0.4 is 10.1 Å². The number of fused-ring (bicyclic) bond motifs is 5. The first-order valence-electron chi connectivity index (χ1n) is 13.0. The van der Waals surface area contributed by atoms with E-state index in [1.54, 1.807) is 4.90 Å². The number of nitrogens with one attached hydrogen (secondary N) is 1. The highest BCUT2D eigenvalue weighted by Crippen LogP contribution is 2.49. The van der Waals surface area contributed by atoms with Crippen molar-refractivity contribution in [3.63, 3.8) is 0 Å². The van der Waals surface area contributed by atoms with Gasteiger partial charge in [0.2, 0.25) is 11.8 Å². The smallest absolute Gasteiger partial charge is 0.255 e. The van der Waals surface area contributed by atoms with Crippen LogP contribution in [0.2, 0.25) is 0 Å². The number of hydrogen-bond acceptors (Lipinski definition) is 6. The minimum atomic E-state index is -0.613. The lowest BCUT2D eigenvalue weighted by molar-refractivity contribution is -0.136. The first-order valence-corrected chi connectivity index (χ1v) is 13.0. The van der Waals surface area contributed by atoms with Crippen molar-refractivity contribution in [2.75, 3.05) is 19.7 Å². The van der Waals surface area contributed by atoms with Gasteiger partial charge in [-0.05, 0) is 61.5 Å². The van der Waals surface area contributed by atoms with Crippen LogP contribution in [0.5, 0.6) is 5.75 Å². The fraction of sp³-hybridized carbons (Fsp3) is 0.379. The van der Waals surface area contributed by atoms with Crippen LogP contribution in [0.4, 0.5) is 0 Å². The molecule has 2 saturated heterocycles. The van der Waals surface area contributed by atoms with E-state index in [0.29, 0.717) is 25.1 Å². The summed E-state index contributed by atoms with van der Waals surface area (Å²) in [6.07, 6.45) is 6.35. The number of hydrogen-bond donors (Lipinski definition) is 1. The highest BCUT2D eigenvalue weighted by atomic mass is 16.5. The third-order valence-corrected chi connectivity index (χ3v) is 8.66. The number of carbonyl (C=O) groups excluding carboxylic acids is 3. The molecule has 0 bridgehead atoms. The lowest BCUT2D eigenvalue weighted by atomic mass is 9.74. The summed E-state index contributed by atoms with van der Waals surface area (Å²) in [5.74, 6) is 0.00964. The summed E-state index contributed by atoms with van der Waals surface area (Å²) in [6.45, 7) is 3.84. The van der Waals surface area contributed by atoms with Gasteiger partial charge in [0, 0.05) is 52.9 Å². The fourth-order valence-corrected chi connectivity index (χ4v) is 6.53. The van der Waals surface area contributed by atoms with E-state index < -0.39 is 6.04 Å². The largest absolute Gasteiger partial charge is 0.492 e. The van der Waals surface area contributed by atoms with Crippen molar-refractivity contribution in [1.29, 1.82) is 0 Å². The fourth-order valence-electron chi connectivity index (χ4n) is 6.53. The van der Waals surface area contributed by atoms with Crippen LogP contribution in [0.3, 0.4) is 0 Å². The molecular formula is C29H28N4O4. The summed E-state index contributed by atoms with van der Waals surface area (Å²) < 4.78 is 6.31. The quantitative estimate of drug-likeness (QED) is 0.561. The highest BCUT2D eigenvalue weighted by molar-refractivity contribution is 6.05. The maximum Gasteiger partial charge on any atom is 0.255 e. The van der Waals surface area contributed by atoms with Gasteiger partial charge in [0.15, 0.2) is 0 Å². The third-order valence-electron chi connectivity index (χ3n) is 8.66. The first kappa shape index (κ1) is 22.4. The summed E-state index contributed by atoms with van der Waals surface area (Å²) in [5, 5.41) is 4.75. The van der Waals surface area contributed by atoms with E-state index >= 15 is 0 Å². The number of benzene rings is 2. The Morgan fingerprint density at radius 1 is 1.05 bits per heavy atom. The predicted octanol–water partition coefficient (Wildman–Crippen LogP) is 2.92. The molecule has 8 heteroatoms. The molecule has 0 aliphatic carbocycles. The second kappa shape index (κ2) is 8.38. The molecule has 1 spiro atoms. The topological polar surface area (TPSA) is 91.8 Å². The Labute approximate surface area is 214 Å². The maximum atomic E-state index is 13.2. The minimum absolute atomic E-state index is 0.0424. The first-order chi connectivity index (χ1) is 18.0. The summed E-state index contributed by atoms with van der Waals surface area (Å²) in [5.41, 5.74) is 3.95. The van der Waals surface area contributed by atoms with Crippen molar-refractivity contribution in [3.8, 4) is 5.75 Å². The molecule has 8 nitrogen and oxygen atoms in total. The highest BCUT2D eigenvalue weighted by Gasteiger charge is 2.47. The average molecular weight is 497 g/mol. The van der Waals surface area contributed by atoms with Crippen molar-refractivity contribution in [1.82, 2.24) is 20.1 Å². The molecule has 37 heavy (non-hydrogen) atoms. The second-order valence-electron chi connectivity index (χ2n) is 10.8. The van der Waals surface area contributed by atoms with E-state index in [1.807, 2.05) is 24.5 Å². The molecule has 188 valence electrons. The molecule has 7 rings (SSSR count). The molecule has 0 saturated carbocycles. The van der Waals surface area contributed by atoms with Gasteiger partial charge in [0.05, 0.1) is 13.2 Å². The summed E-state index contributed by atoms with van der Waals surface area (Å²) in [4.78, 5) is 45.5. The Hall–Kier alpha value is -3.78. The lowest BCUT2D eigenvalue weighted by Crippen LogP contribution is -2.52. The Kier molecular flexibility index (Phi) is 5.08. The van der Waals surface area contributed by atoms with Crippen molar-refractivity contribution in [2.24, 2.45) is 0 Å². The van der Waals surface area contributed by atoms with Gasteiger partial charge < -0.3 is 9.64 Å². The zero-order valence-corrected chi connectivity index (χ0v) is 20.5. The standard InChI is InChI=1S/C29H28N4O4/c34-25-6-5-24(27(35)31-25)33-16-22-21(28(33)36)3-4-23-26(22)37-17-29(23)8-11-32(12-9-29)15-18-1-2-19-7-10-30-14-20(19)13-18/h1-4,7,10,13-14,24H,5-6,8-9,11-12,15-17H2,(H,31,34,35). The molecule has 3 amide bonds. The molecule has 2 aromatic carbocycles. The Balaban J connectivity index is 1.08. The normalized spacial score (nSPS) is 22.8. The van der Waals surface area contributed by atoms with Gasteiger partial charge in [-0.25, -0.2) is 0 Å². The molecular weight excluding hydrogens is 468 g/mol. The lowest BCUT2D eigenvalue weighted by Gasteiger charge is -2.38. The minimum Gasteiger partial charge on any atom is -0.492 e. The zero-order valence-electron chi connectivity index (χ0n) is 20.5. The van der Waals surface area contributed by atoms with E-state index in [1.165, 1.54) is 21.9 Å². The number of imide groups is 1. The molecule has 1 atom stereocenters. The number of piperidine rings is 2. The van der Waals surface area contributed by atoms with Crippen molar-refractivity contribution >= 4 is 28.5 Å². The summed E-state index contributed by atoms with van der Waals surface area (Å²) in [7, 11) is 0. The number of ether oxygens (including phenoxy) is 1. The van der Waals surface area contributed by atoms with Gasteiger partial charge >= 0.3 is 0 Å². The third kappa shape index (κ3) is 3.62. The van der Waals surface area contributed by atoms with E-state index in [0.717, 1.165) is 43.8 Å². The average Bonchev–Trinajstić information content (AvgIpc) is 3.43. The number of pyridine rings is 1. The molecule has 1 N–H and O–H groups in total. The molecule has 4 aliphatic rings. The van der Waals surface area contributed by atoms with E-state index in [4.69, 9.17) is 4.74 Å². The van der Waals surface area contributed by atoms with Crippen LogP contribution in [0.25, 0.3) is 10.8 Å². The summed E-state index contributed by atoms with van der Waals surface area (Å²) in [6, 6.07) is 12.0. The van der Waals surface area contributed by atoms with Gasteiger partial charge in [-0.15, -0.1) is 0 Å². The number of nitrogens with zero attached hydrogens (tertiary/aromatic N) is 3. The maximum absolute atomic E-state index is 13.2. The zero-order chi connectivity index (χ0) is 25.1. The Morgan fingerprint density at radius 3 is 2.76 bits per heavy atom. The van der Waals surface area contributed by atoms with Crippen molar-refractivity contribution < 1.29 is 19.1 Å². The van der Waals surface area contributed by atoms with Gasteiger partial charge in [0.25, 0.3) is 5.91 Å². The molecule has 3 aromatic rings. The molecule has 1 unspecified atom stereocenters. The van der Waals surface area contributed by atoms with Gasteiger partial charge in [-0.3, -0.25) is 29.6 Å². The van der Waals surface area contributed by atoms with Crippen molar-refractivity contribution in [2.45, 2.75) is 50.2 Å². The molecule has 2 fully saturated rings. The van der Waals surface area contributed by atoms with Gasteiger partial charge in [-0.1, -0.05) is 18.2 Å². The molecule has 1 aromatic heterocycles. The molecule has 0 radical (unpaired) electrons. The van der Waals surface area contributed by atoms with E-state index in [-0.39, 0.29) is 29.6 Å². The van der Waals surface area contributed by atoms with Crippen LogP contribution in [-0.4, -0.2) is 58.2 Å².